The molecule has 3 aromatic rings. The number of benzene rings is 2. The van der Waals surface area contributed by atoms with Crippen molar-refractivity contribution in [3.63, 3.8) is 0 Å². The van der Waals surface area contributed by atoms with Crippen LogP contribution in [-0.4, -0.2) is 37.5 Å². The SMILES string of the molecule is CC(C)Nc1nc(NC[C@H]2CC[C@H](CNS(=O)(=O)c3ccc(Cl)cc3)CC2)nc2ccccc12. The Morgan fingerprint density at radius 1 is 0.941 bits per heavy atom. The highest BCUT2D eigenvalue weighted by Gasteiger charge is 2.23. The number of fused-ring (bicyclic) bond motifs is 1. The predicted molar refractivity (Wildman–Crippen MR) is 139 cm³/mol. The maximum Gasteiger partial charge on any atom is 0.240 e. The van der Waals surface area contributed by atoms with E-state index in [1.165, 1.54) is 12.1 Å². The fraction of sp³-hybridized carbons (Fsp3) is 0.440. The van der Waals surface area contributed by atoms with Gasteiger partial charge < -0.3 is 10.6 Å². The van der Waals surface area contributed by atoms with Crippen molar-refractivity contribution >= 4 is 44.3 Å². The normalized spacial score (nSPS) is 18.8. The Labute approximate surface area is 206 Å². The molecule has 4 rings (SSSR count). The molecule has 9 heteroatoms. The number of aromatic nitrogens is 2. The summed E-state index contributed by atoms with van der Waals surface area (Å²) >= 11 is 5.86. The summed E-state index contributed by atoms with van der Waals surface area (Å²) in [6.45, 7) is 5.46. The lowest BCUT2D eigenvalue weighted by Gasteiger charge is -2.28. The van der Waals surface area contributed by atoms with Crippen molar-refractivity contribution in [2.45, 2.75) is 50.5 Å². The quantitative estimate of drug-likeness (QED) is 0.368. The van der Waals surface area contributed by atoms with E-state index < -0.39 is 10.0 Å². The minimum atomic E-state index is -3.51. The number of nitrogens with one attached hydrogen (secondary N) is 3. The van der Waals surface area contributed by atoms with E-state index in [0.717, 1.165) is 48.9 Å². The van der Waals surface area contributed by atoms with E-state index in [1.807, 2.05) is 24.3 Å². The number of halogens is 1. The van der Waals surface area contributed by atoms with Gasteiger partial charge in [0.05, 0.1) is 10.4 Å². The summed E-state index contributed by atoms with van der Waals surface area (Å²) in [5.41, 5.74) is 0.917. The topological polar surface area (TPSA) is 96.0 Å². The van der Waals surface area contributed by atoms with Crippen LogP contribution in [0.1, 0.15) is 39.5 Å². The molecule has 3 N–H and O–H groups in total. The molecule has 0 aliphatic heterocycles. The van der Waals surface area contributed by atoms with Gasteiger partial charge >= 0.3 is 0 Å². The number of sulfonamides is 1. The molecule has 182 valence electrons. The third-order valence-corrected chi connectivity index (χ3v) is 7.92. The Morgan fingerprint density at radius 3 is 2.26 bits per heavy atom. The number of hydrogen-bond acceptors (Lipinski definition) is 6. The Bertz CT molecular complexity index is 1210. The summed E-state index contributed by atoms with van der Waals surface area (Å²) in [6.07, 6.45) is 4.08. The van der Waals surface area contributed by atoms with Crippen molar-refractivity contribution in [2.24, 2.45) is 11.8 Å². The first kappa shape index (κ1) is 24.7. The van der Waals surface area contributed by atoms with E-state index in [2.05, 4.69) is 34.2 Å². The molecule has 7 nitrogen and oxygen atoms in total. The molecule has 0 bridgehead atoms. The Kier molecular flexibility index (Phi) is 7.91. The zero-order valence-corrected chi connectivity index (χ0v) is 21.2. The highest BCUT2D eigenvalue weighted by molar-refractivity contribution is 7.89. The predicted octanol–water partition coefficient (Wildman–Crippen LogP) is 5.30. The van der Waals surface area contributed by atoms with Crippen LogP contribution in [0.3, 0.4) is 0 Å². The smallest absolute Gasteiger partial charge is 0.240 e. The minimum Gasteiger partial charge on any atom is -0.367 e. The first-order valence-electron chi connectivity index (χ1n) is 11.8. The van der Waals surface area contributed by atoms with Gasteiger partial charge in [0, 0.05) is 29.5 Å². The van der Waals surface area contributed by atoms with Crippen molar-refractivity contribution in [1.29, 1.82) is 0 Å². The fourth-order valence-corrected chi connectivity index (χ4v) is 5.58. The molecule has 0 saturated heterocycles. The summed E-state index contributed by atoms with van der Waals surface area (Å²) in [4.78, 5) is 9.65. The molecule has 1 fully saturated rings. The highest BCUT2D eigenvalue weighted by Crippen LogP contribution is 2.29. The lowest BCUT2D eigenvalue weighted by molar-refractivity contribution is 0.284. The standard InChI is InChI=1S/C25H32ClN5O2S/c1-17(2)29-24-22-5-3-4-6-23(22)30-25(31-24)27-15-18-7-9-19(10-8-18)16-28-34(32,33)21-13-11-20(26)12-14-21/h3-6,11-14,17-19,28H,7-10,15-16H2,1-2H3,(H2,27,29,30,31)/t18-,19-. The van der Waals surface area contributed by atoms with Crippen LogP contribution in [0.4, 0.5) is 11.8 Å². The van der Waals surface area contributed by atoms with Gasteiger partial charge in [0.1, 0.15) is 5.82 Å². The first-order chi connectivity index (χ1) is 16.3. The molecule has 1 aliphatic carbocycles. The van der Waals surface area contributed by atoms with Gasteiger partial charge in [-0.15, -0.1) is 0 Å². The van der Waals surface area contributed by atoms with Gasteiger partial charge in [-0.25, -0.2) is 18.1 Å². The molecule has 1 aliphatic rings. The molecule has 1 heterocycles. The summed E-state index contributed by atoms with van der Waals surface area (Å²) in [7, 11) is -3.51. The highest BCUT2D eigenvalue weighted by atomic mass is 35.5. The van der Waals surface area contributed by atoms with Gasteiger partial charge in [0.2, 0.25) is 16.0 Å². The van der Waals surface area contributed by atoms with Crippen LogP contribution in [0.25, 0.3) is 10.9 Å². The van der Waals surface area contributed by atoms with Crippen LogP contribution in [0.15, 0.2) is 53.4 Å². The number of nitrogens with zero attached hydrogens (tertiary/aromatic N) is 2. The fourth-order valence-electron chi connectivity index (χ4n) is 4.34. The maximum atomic E-state index is 12.5. The Morgan fingerprint density at radius 2 is 1.59 bits per heavy atom. The summed E-state index contributed by atoms with van der Waals surface area (Å²) in [5, 5.41) is 8.39. The average molecular weight is 502 g/mol. The minimum absolute atomic E-state index is 0.247. The second kappa shape index (κ2) is 10.9. The zero-order chi connectivity index (χ0) is 24.1. The third kappa shape index (κ3) is 6.37. The van der Waals surface area contributed by atoms with Crippen molar-refractivity contribution in [2.75, 3.05) is 23.7 Å². The molecule has 1 aromatic heterocycles. The Hall–Kier alpha value is -2.42. The number of anilines is 2. The van der Waals surface area contributed by atoms with Crippen molar-refractivity contribution in [1.82, 2.24) is 14.7 Å². The van der Waals surface area contributed by atoms with Crippen LogP contribution in [0, 0.1) is 11.8 Å². The number of rotatable bonds is 9. The Balaban J connectivity index is 1.28. The molecule has 0 unspecified atom stereocenters. The maximum absolute atomic E-state index is 12.5. The second-order valence-corrected chi connectivity index (χ2v) is 11.5. The molecule has 0 radical (unpaired) electrons. The summed E-state index contributed by atoms with van der Waals surface area (Å²) in [5.74, 6) is 2.34. The monoisotopic (exact) mass is 501 g/mol. The zero-order valence-electron chi connectivity index (χ0n) is 19.6. The van der Waals surface area contributed by atoms with Gasteiger partial charge in [0.15, 0.2) is 0 Å². The molecule has 0 spiro atoms. The van der Waals surface area contributed by atoms with E-state index in [9.17, 15) is 8.42 Å². The van der Waals surface area contributed by atoms with Crippen LogP contribution < -0.4 is 15.4 Å². The number of hydrogen-bond donors (Lipinski definition) is 3. The van der Waals surface area contributed by atoms with Gasteiger partial charge in [-0.3, -0.25) is 0 Å². The van der Waals surface area contributed by atoms with Crippen LogP contribution in [-0.2, 0) is 10.0 Å². The van der Waals surface area contributed by atoms with Gasteiger partial charge in [-0.1, -0.05) is 23.7 Å². The van der Waals surface area contributed by atoms with Gasteiger partial charge in [0.25, 0.3) is 0 Å². The summed E-state index contributed by atoms with van der Waals surface area (Å²) in [6, 6.07) is 14.5. The molecule has 0 amide bonds. The lowest BCUT2D eigenvalue weighted by Crippen LogP contribution is -2.32. The molecule has 1 saturated carbocycles. The third-order valence-electron chi connectivity index (χ3n) is 6.23. The largest absolute Gasteiger partial charge is 0.367 e. The van der Waals surface area contributed by atoms with Crippen molar-refractivity contribution in [3.05, 3.63) is 53.6 Å². The van der Waals surface area contributed by atoms with Gasteiger partial charge in [-0.2, -0.15) is 4.98 Å². The average Bonchev–Trinajstić information content (AvgIpc) is 2.82. The van der Waals surface area contributed by atoms with E-state index >= 15 is 0 Å². The molecular weight excluding hydrogens is 470 g/mol. The molecule has 34 heavy (non-hydrogen) atoms. The van der Waals surface area contributed by atoms with E-state index in [-0.39, 0.29) is 10.9 Å². The van der Waals surface area contributed by atoms with Gasteiger partial charge in [-0.05, 0) is 87.8 Å². The van der Waals surface area contributed by atoms with E-state index in [0.29, 0.717) is 29.4 Å². The summed E-state index contributed by atoms with van der Waals surface area (Å²) < 4.78 is 27.8. The van der Waals surface area contributed by atoms with Crippen LogP contribution in [0.5, 0.6) is 0 Å². The second-order valence-electron chi connectivity index (χ2n) is 9.29. The van der Waals surface area contributed by atoms with E-state index in [4.69, 9.17) is 16.6 Å². The van der Waals surface area contributed by atoms with Crippen molar-refractivity contribution in [3.8, 4) is 0 Å². The number of para-hydroxylation sites is 1. The van der Waals surface area contributed by atoms with Crippen LogP contribution >= 0.6 is 11.6 Å². The molecular formula is C25H32ClN5O2S. The molecule has 0 atom stereocenters. The van der Waals surface area contributed by atoms with E-state index in [1.54, 1.807) is 12.1 Å². The van der Waals surface area contributed by atoms with Crippen LogP contribution in [0.2, 0.25) is 5.02 Å². The first-order valence-corrected chi connectivity index (χ1v) is 13.7. The van der Waals surface area contributed by atoms with Crippen molar-refractivity contribution < 1.29 is 8.42 Å². The molecule has 2 aromatic carbocycles. The lowest BCUT2D eigenvalue weighted by atomic mass is 9.82.